The topological polar surface area (TPSA) is 74.2 Å². The molecule has 20 heavy (non-hydrogen) atoms. The van der Waals surface area contributed by atoms with E-state index in [0.717, 1.165) is 12.8 Å². The van der Waals surface area contributed by atoms with Crippen molar-refractivity contribution in [3.8, 4) is 0 Å². The molecule has 1 saturated carbocycles. The fourth-order valence-corrected chi connectivity index (χ4v) is 2.77. The lowest BCUT2D eigenvalue weighted by Crippen LogP contribution is -2.35. The molecule has 2 rings (SSSR count). The summed E-state index contributed by atoms with van der Waals surface area (Å²) in [7, 11) is 1.71. The first-order chi connectivity index (χ1) is 9.60. The zero-order valence-electron chi connectivity index (χ0n) is 11.5. The second-order valence-corrected chi connectivity index (χ2v) is 5.52. The molecular weight excluding hydrogens is 278 g/mol. The van der Waals surface area contributed by atoms with Gasteiger partial charge in [0.05, 0.1) is 6.10 Å². The largest absolute Gasteiger partial charge is 0.391 e. The number of pyridine rings is 1. The van der Waals surface area contributed by atoms with Crippen LogP contribution in [0.2, 0.25) is 5.15 Å². The van der Waals surface area contributed by atoms with Gasteiger partial charge in [-0.1, -0.05) is 24.4 Å². The first-order valence-corrected chi connectivity index (χ1v) is 7.29. The highest BCUT2D eigenvalue weighted by Crippen LogP contribution is 2.27. The fourth-order valence-electron chi connectivity index (χ4n) is 2.56. The summed E-state index contributed by atoms with van der Waals surface area (Å²) in [6.45, 7) is 0.276. The minimum absolute atomic E-state index is 0.247. The summed E-state index contributed by atoms with van der Waals surface area (Å²) in [5.41, 5.74) is 0.438. The van der Waals surface area contributed by atoms with Gasteiger partial charge in [0.15, 0.2) is 0 Å². The number of halogens is 1. The minimum Gasteiger partial charge on any atom is -0.391 e. The van der Waals surface area contributed by atoms with E-state index >= 15 is 0 Å². The van der Waals surface area contributed by atoms with Gasteiger partial charge < -0.3 is 15.7 Å². The van der Waals surface area contributed by atoms with E-state index in [4.69, 9.17) is 11.6 Å². The Morgan fingerprint density at radius 3 is 2.85 bits per heavy atom. The number of carbonyl (C=O) groups excluding carboxylic acids is 1. The molecule has 0 aromatic carbocycles. The van der Waals surface area contributed by atoms with E-state index in [-0.39, 0.29) is 17.6 Å². The molecule has 1 aromatic rings. The van der Waals surface area contributed by atoms with Gasteiger partial charge in [-0.2, -0.15) is 0 Å². The van der Waals surface area contributed by atoms with Crippen molar-refractivity contribution in [3.05, 3.63) is 22.8 Å². The minimum atomic E-state index is -0.470. The Morgan fingerprint density at radius 2 is 2.20 bits per heavy atom. The number of anilines is 1. The molecule has 1 unspecified atom stereocenters. The van der Waals surface area contributed by atoms with E-state index in [1.807, 2.05) is 0 Å². The Bertz CT molecular complexity index is 475. The summed E-state index contributed by atoms with van der Waals surface area (Å²) in [6.07, 6.45) is 3.95. The molecule has 1 aliphatic carbocycles. The van der Waals surface area contributed by atoms with Crippen molar-refractivity contribution in [2.45, 2.75) is 31.8 Å². The predicted molar refractivity (Wildman–Crippen MR) is 79.1 cm³/mol. The van der Waals surface area contributed by atoms with Gasteiger partial charge in [-0.15, -0.1) is 0 Å². The monoisotopic (exact) mass is 297 g/mol. The molecule has 0 radical (unpaired) electrons. The Labute approximate surface area is 123 Å². The summed E-state index contributed by atoms with van der Waals surface area (Å²) in [4.78, 5) is 16.1. The molecule has 1 amide bonds. The molecule has 1 aliphatic rings. The van der Waals surface area contributed by atoms with E-state index in [2.05, 4.69) is 15.6 Å². The number of carbonyl (C=O) groups is 1. The van der Waals surface area contributed by atoms with Crippen molar-refractivity contribution in [3.63, 3.8) is 0 Å². The second kappa shape index (κ2) is 6.90. The van der Waals surface area contributed by atoms with Gasteiger partial charge in [0.2, 0.25) is 0 Å². The maximum absolute atomic E-state index is 12.0. The number of aliphatic hydroxyl groups excluding tert-OH is 1. The average Bonchev–Trinajstić information content (AvgIpc) is 2.97. The predicted octanol–water partition coefficient (Wildman–Crippen LogP) is 2.06. The van der Waals surface area contributed by atoms with Crippen LogP contribution in [0.15, 0.2) is 12.1 Å². The molecule has 1 fully saturated rings. The van der Waals surface area contributed by atoms with E-state index in [9.17, 15) is 9.90 Å². The number of rotatable bonds is 5. The van der Waals surface area contributed by atoms with Crippen LogP contribution in [0.5, 0.6) is 0 Å². The molecule has 1 heterocycles. The Morgan fingerprint density at radius 1 is 1.50 bits per heavy atom. The normalized spacial score (nSPS) is 16.9. The van der Waals surface area contributed by atoms with E-state index in [0.29, 0.717) is 17.3 Å². The van der Waals surface area contributed by atoms with Crippen molar-refractivity contribution in [1.82, 2.24) is 10.3 Å². The smallest absolute Gasteiger partial charge is 0.251 e. The molecule has 0 bridgehead atoms. The Hall–Kier alpha value is -1.33. The summed E-state index contributed by atoms with van der Waals surface area (Å²) in [5, 5.41) is 15.9. The van der Waals surface area contributed by atoms with Crippen LogP contribution < -0.4 is 10.6 Å². The van der Waals surface area contributed by atoms with Crippen LogP contribution in [0.4, 0.5) is 5.82 Å². The molecule has 3 N–H and O–H groups in total. The first-order valence-electron chi connectivity index (χ1n) is 6.91. The number of aliphatic hydroxyl groups is 1. The highest BCUT2D eigenvalue weighted by Gasteiger charge is 2.23. The zero-order chi connectivity index (χ0) is 14.5. The van der Waals surface area contributed by atoms with Crippen molar-refractivity contribution < 1.29 is 9.90 Å². The number of hydrogen-bond donors (Lipinski definition) is 3. The lowest BCUT2D eigenvalue weighted by Gasteiger charge is -2.18. The van der Waals surface area contributed by atoms with Gasteiger partial charge >= 0.3 is 0 Å². The van der Waals surface area contributed by atoms with Crippen molar-refractivity contribution >= 4 is 23.3 Å². The standard InChI is InChI=1S/C14H20ClN3O2/c1-16-13-7-10(6-12(15)18-13)14(20)17-8-11(19)9-4-2-3-5-9/h6-7,9,11,19H,2-5,8H2,1H3,(H,16,18)(H,17,20). The number of hydrogen-bond acceptors (Lipinski definition) is 4. The third-order valence-corrected chi connectivity index (χ3v) is 3.92. The molecular formula is C14H20ClN3O2. The number of aromatic nitrogens is 1. The van der Waals surface area contributed by atoms with Crippen LogP contribution in [-0.2, 0) is 0 Å². The van der Waals surface area contributed by atoms with Crippen LogP contribution >= 0.6 is 11.6 Å². The van der Waals surface area contributed by atoms with Crippen molar-refractivity contribution in [2.75, 3.05) is 18.9 Å². The van der Waals surface area contributed by atoms with Gasteiger partial charge in [0, 0.05) is 19.2 Å². The summed E-state index contributed by atoms with van der Waals surface area (Å²) in [6, 6.07) is 3.14. The lowest BCUT2D eigenvalue weighted by molar-refractivity contribution is 0.0840. The van der Waals surface area contributed by atoms with Crippen LogP contribution in [0.25, 0.3) is 0 Å². The van der Waals surface area contributed by atoms with Gasteiger partial charge in [-0.05, 0) is 30.9 Å². The maximum Gasteiger partial charge on any atom is 0.251 e. The Balaban J connectivity index is 1.92. The molecule has 5 nitrogen and oxygen atoms in total. The SMILES string of the molecule is CNc1cc(C(=O)NCC(O)C2CCCC2)cc(Cl)n1. The first kappa shape index (κ1) is 15.1. The van der Waals surface area contributed by atoms with Gasteiger partial charge in [-0.25, -0.2) is 4.98 Å². The molecule has 1 aromatic heterocycles. The molecule has 0 spiro atoms. The van der Waals surface area contributed by atoms with Crippen LogP contribution in [0, 0.1) is 5.92 Å². The maximum atomic E-state index is 12.0. The van der Waals surface area contributed by atoms with Crippen molar-refractivity contribution in [1.29, 1.82) is 0 Å². The highest BCUT2D eigenvalue weighted by molar-refractivity contribution is 6.29. The van der Waals surface area contributed by atoms with Gasteiger partial charge in [0.1, 0.15) is 11.0 Å². The highest BCUT2D eigenvalue weighted by atomic mass is 35.5. The van der Waals surface area contributed by atoms with E-state index < -0.39 is 6.10 Å². The van der Waals surface area contributed by atoms with Gasteiger partial charge in [-0.3, -0.25) is 4.79 Å². The zero-order valence-corrected chi connectivity index (χ0v) is 12.3. The molecule has 6 heteroatoms. The molecule has 1 atom stereocenters. The van der Waals surface area contributed by atoms with E-state index in [1.165, 1.54) is 18.9 Å². The number of nitrogens with zero attached hydrogens (tertiary/aromatic N) is 1. The third-order valence-electron chi connectivity index (χ3n) is 3.73. The fraction of sp³-hybridized carbons (Fsp3) is 0.571. The molecule has 110 valence electrons. The average molecular weight is 298 g/mol. The summed E-state index contributed by atoms with van der Waals surface area (Å²) in [5.74, 6) is 0.603. The van der Waals surface area contributed by atoms with Crippen LogP contribution in [-0.4, -0.2) is 35.7 Å². The van der Waals surface area contributed by atoms with Crippen LogP contribution in [0.3, 0.4) is 0 Å². The molecule has 0 saturated heterocycles. The lowest BCUT2D eigenvalue weighted by atomic mass is 10.0. The quantitative estimate of drug-likeness (QED) is 0.727. The summed E-state index contributed by atoms with van der Waals surface area (Å²) < 4.78 is 0. The van der Waals surface area contributed by atoms with E-state index in [1.54, 1.807) is 13.1 Å². The second-order valence-electron chi connectivity index (χ2n) is 5.14. The number of amides is 1. The van der Waals surface area contributed by atoms with Gasteiger partial charge in [0.25, 0.3) is 5.91 Å². The Kier molecular flexibility index (Phi) is 5.20. The molecule has 0 aliphatic heterocycles. The summed E-state index contributed by atoms with van der Waals surface area (Å²) >= 11 is 5.86. The van der Waals surface area contributed by atoms with Crippen LogP contribution in [0.1, 0.15) is 36.0 Å². The number of nitrogens with one attached hydrogen (secondary N) is 2. The third kappa shape index (κ3) is 3.84. The van der Waals surface area contributed by atoms with Crippen molar-refractivity contribution in [2.24, 2.45) is 5.92 Å².